The van der Waals surface area contributed by atoms with Crippen LogP contribution in [0.2, 0.25) is 0 Å². The number of aliphatic hydroxyl groups is 1. The molecule has 1 unspecified atom stereocenters. The Morgan fingerprint density at radius 1 is 0.833 bits per heavy atom. The fraction of sp³-hybridized carbons (Fsp3) is 0.238. The van der Waals surface area contributed by atoms with Gasteiger partial charge >= 0.3 is 0 Å². The molecule has 0 saturated heterocycles. The zero-order valence-electron chi connectivity index (χ0n) is 13.6. The third-order valence-electron chi connectivity index (χ3n) is 4.18. The van der Waals surface area contributed by atoms with Crippen LogP contribution < -0.4 is 0 Å². The lowest BCUT2D eigenvalue weighted by molar-refractivity contribution is 0.204. The van der Waals surface area contributed by atoms with Gasteiger partial charge in [-0.15, -0.1) is 0 Å². The first-order chi connectivity index (χ1) is 11.8. The molecule has 3 rings (SSSR count). The van der Waals surface area contributed by atoms with E-state index in [4.69, 9.17) is 0 Å². The molecule has 0 aromatic heterocycles. The van der Waals surface area contributed by atoms with Crippen LogP contribution >= 0.6 is 11.8 Å². The number of rotatable bonds is 7. The Bertz CT molecular complexity index is 786. The maximum Gasteiger partial charge on any atom is 0.123 e. The van der Waals surface area contributed by atoms with Crippen LogP contribution in [0.15, 0.2) is 66.7 Å². The Morgan fingerprint density at radius 2 is 1.58 bits per heavy atom. The molecule has 0 aliphatic carbocycles. The lowest BCUT2D eigenvalue weighted by atomic mass is 10.0. The van der Waals surface area contributed by atoms with Crippen molar-refractivity contribution in [3.8, 4) is 5.75 Å². The van der Waals surface area contributed by atoms with Crippen LogP contribution in [0.4, 0.5) is 0 Å². The van der Waals surface area contributed by atoms with Crippen molar-refractivity contribution in [1.82, 2.24) is 0 Å². The molecule has 0 heterocycles. The first-order valence-corrected chi connectivity index (χ1v) is 9.41. The van der Waals surface area contributed by atoms with Crippen molar-refractivity contribution in [2.75, 3.05) is 11.5 Å². The summed E-state index contributed by atoms with van der Waals surface area (Å²) < 4.78 is 0. The zero-order chi connectivity index (χ0) is 16.8. The van der Waals surface area contributed by atoms with E-state index < -0.39 is 6.10 Å². The SMILES string of the molecule is Oc1cccc2c(CCCSCC(O)c3ccccc3)cccc12. The molecule has 24 heavy (non-hydrogen) atoms. The monoisotopic (exact) mass is 338 g/mol. The van der Waals surface area contributed by atoms with Crippen LogP contribution in [0.3, 0.4) is 0 Å². The molecule has 3 aromatic carbocycles. The second kappa shape index (κ2) is 8.22. The van der Waals surface area contributed by atoms with Crippen LogP contribution in [-0.4, -0.2) is 21.7 Å². The van der Waals surface area contributed by atoms with Gasteiger partial charge < -0.3 is 10.2 Å². The first kappa shape index (κ1) is 16.9. The summed E-state index contributed by atoms with van der Waals surface area (Å²) in [6.07, 6.45) is 1.64. The van der Waals surface area contributed by atoms with Gasteiger partial charge in [-0.05, 0) is 41.2 Å². The van der Waals surface area contributed by atoms with Crippen molar-refractivity contribution in [3.63, 3.8) is 0 Å². The average Bonchev–Trinajstić information content (AvgIpc) is 2.62. The van der Waals surface area contributed by atoms with Gasteiger partial charge in [0.2, 0.25) is 0 Å². The largest absolute Gasteiger partial charge is 0.507 e. The summed E-state index contributed by atoms with van der Waals surface area (Å²) in [6, 6.07) is 21.6. The number of phenols is 1. The predicted octanol–water partition coefficient (Wildman–Crippen LogP) is 4.94. The quantitative estimate of drug-likeness (QED) is 0.599. The summed E-state index contributed by atoms with van der Waals surface area (Å²) in [4.78, 5) is 0. The van der Waals surface area contributed by atoms with Gasteiger partial charge in [-0.25, -0.2) is 0 Å². The smallest absolute Gasteiger partial charge is 0.123 e. The second-order valence-corrected chi connectivity index (χ2v) is 7.04. The number of aromatic hydroxyl groups is 1. The van der Waals surface area contributed by atoms with Crippen molar-refractivity contribution in [2.24, 2.45) is 0 Å². The van der Waals surface area contributed by atoms with Gasteiger partial charge in [-0.3, -0.25) is 0 Å². The van der Waals surface area contributed by atoms with Crippen LogP contribution in [0.1, 0.15) is 23.7 Å². The molecule has 0 spiro atoms. The molecule has 0 aliphatic rings. The minimum atomic E-state index is -0.397. The van der Waals surface area contributed by atoms with Crippen molar-refractivity contribution in [2.45, 2.75) is 18.9 Å². The summed E-state index contributed by atoms with van der Waals surface area (Å²) in [7, 11) is 0. The highest BCUT2D eigenvalue weighted by Gasteiger charge is 2.07. The van der Waals surface area contributed by atoms with E-state index in [0.717, 1.165) is 40.7 Å². The highest BCUT2D eigenvalue weighted by Crippen LogP contribution is 2.28. The number of hydrogen-bond donors (Lipinski definition) is 2. The number of thioether (sulfide) groups is 1. The number of aliphatic hydroxyl groups excluding tert-OH is 1. The number of aryl methyl sites for hydroxylation is 1. The number of hydrogen-bond acceptors (Lipinski definition) is 3. The molecule has 0 fully saturated rings. The van der Waals surface area contributed by atoms with Gasteiger partial charge in [0.25, 0.3) is 0 Å². The van der Waals surface area contributed by atoms with Crippen molar-refractivity contribution in [3.05, 3.63) is 77.9 Å². The zero-order valence-corrected chi connectivity index (χ0v) is 14.4. The van der Waals surface area contributed by atoms with Gasteiger partial charge in [0.15, 0.2) is 0 Å². The second-order valence-electron chi connectivity index (χ2n) is 5.89. The molecule has 1 atom stereocenters. The average molecular weight is 338 g/mol. The van der Waals surface area contributed by atoms with E-state index >= 15 is 0 Å². The van der Waals surface area contributed by atoms with E-state index in [1.54, 1.807) is 17.8 Å². The summed E-state index contributed by atoms with van der Waals surface area (Å²) in [5.74, 6) is 2.08. The molecule has 3 aromatic rings. The highest BCUT2D eigenvalue weighted by molar-refractivity contribution is 7.99. The molecule has 2 nitrogen and oxygen atoms in total. The maximum absolute atomic E-state index is 10.2. The lowest BCUT2D eigenvalue weighted by Gasteiger charge is -2.11. The maximum atomic E-state index is 10.2. The Balaban J connectivity index is 1.50. The van der Waals surface area contributed by atoms with Crippen LogP contribution in [-0.2, 0) is 6.42 Å². The third kappa shape index (κ3) is 4.11. The van der Waals surface area contributed by atoms with E-state index in [9.17, 15) is 10.2 Å². The van der Waals surface area contributed by atoms with Crippen LogP contribution in [0, 0.1) is 0 Å². The Kier molecular flexibility index (Phi) is 5.78. The van der Waals surface area contributed by atoms with E-state index in [0.29, 0.717) is 5.75 Å². The molecule has 0 saturated carbocycles. The fourth-order valence-corrected chi connectivity index (χ4v) is 3.84. The number of phenolic OH excluding ortho intramolecular Hbond substituents is 1. The van der Waals surface area contributed by atoms with E-state index in [1.165, 1.54) is 5.56 Å². The predicted molar refractivity (Wildman–Crippen MR) is 103 cm³/mol. The van der Waals surface area contributed by atoms with E-state index in [-0.39, 0.29) is 0 Å². The highest BCUT2D eigenvalue weighted by atomic mass is 32.2. The molecule has 2 N–H and O–H groups in total. The molecule has 0 radical (unpaired) electrons. The van der Waals surface area contributed by atoms with Gasteiger partial charge in [0.05, 0.1) is 6.10 Å². The normalized spacial score (nSPS) is 12.4. The summed E-state index contributed by atoms with van der Waals surface area (Å²) in [5.41, 5.74) is 2.25. The summed E-state index contributed by atoms with van der Waals surface area (Å²) >= 11 is 1.78. The molecular weight excluding hydrogens is 316 g/mol. The topological polar surface area (TPSA) is 40.5 Å². The fourth-order valence-electron chi connectivity index (χ4n) is 2.91. The van der Waals surface area contributed by atoms with E-state index in [2.05, 4.69) is 12.1 Å². The standard InChI is InChI=1S/C21H22O2S/c22-20-13-5-11-18-16(9-4-12-19(18)20)10-6-14-24-15-21(23)17-7-2-1-3-8-17/h1-5,7-9,11-13,21-23H,6,10,14-15H2. The number of fused-ring (bicyclic) bond motifs is 1. The molecule has 124 valence electrons. The third-order valence-corrected chi connectivity index (χ3v) is 5.31. The van der Waals surface area contributed by atoms with Gasteiger partial charge in [-0.1, -0.05) is 60.7 Å². The Morgan fingerprint density at radius 3 is 2.42 bits per heavy atom. The molecule has 0 amide bonds. The van der Waals surface area contributed by atoms with E-state index in [1.807, 2.05) is 48.5 Å². The van der Waals surface area contributed by atoms with Crippen molar-refractivity contribution < 1.29 is 10.2 Å². The van der Waals surface area contributed by atoms with Crippen LogP contribution in [0.25, 0.3) is 10.8 Å². The first-order valence-electron chi connectivity index (χ1n) is 8.26. The lowest BCUT2D eigenvalue weighted by Crippen LogP contribution is -2.01. The minimum absolute atomic E-state index is 0.342. The van der Waals surface area contributed by atoms with Gasteiger partial charge in [-0.2, -0.15) is 11.8 Å². The van der Waals surface area contributed by atoms with Gasteiger partial charge in [0.1, 0.15) is 5.75 Å². The molecule has 0 bridgehead atoms. The summed E-state index contributed by atoms with van der Waals surface area (Å²) in [6.45, 7) is 0. The van der Waals surface area contributed by atoms with Crippen LogP contribution in [0.5, 0.6) is 5.75 Å². The minimum Gasteiger partial charge on any atom is -0.507 e. The Labute approximate surface area is 147 Å². The number of benzene rings is 3. The van der Waals surface area contributed by atoms with Gasteiger partial charge in [0, 0.05) is 11.1 Å². The van der Waals surface area contributed by atoms with Crippen molar-refractivity contribution in [1.29, 1.82) is 0 Å². The van der Waals surface area contributed by atoms with Crippen molar-refractivity contribution >= 4 is 22.5 Å². The molecular formula is C21H22O2S. The summed E-state index contributed by atoms with van der Waals surface area (Å²) in [5, 5.41) is 22.2. The molecule has 3 heteroatoms. The molecule has 0 aliphatic heterocycles. The Hall–Kier alpha value is -1.97.